The minimum Gasteiger partial charge on any atom is -0.493 e. The Kier molecular flexibility index (Phi) is 5.44. The van der Waals surface area contributed by atoms with E-state index >= 15 is 0 Å². The molecule has 0 aromatic heterocycles. The Morgan fingerprint density at radius 1 is 1.40 bits per heavy atom. The van der Waals surface area contributed by atoms with E-state index in [0.29, 0.717) is 6.04 Å². The first-order valence-electron chi connectivity index (χ1n) is 7.77. The van der Waals surface area contributed by atoms with Crippen molar-refractivity contribution in [2.45, 2.75) is 51.6 Å². The highest BCUT2D eigenvalue weighted by atomic mass is 16.5. The fourth-order valence-corrected chi connectivity index (χ4v) is 2.93. The maximum absolute atomic E-state index is 5.96. The summed E-state index contributed by atoms with van der Waals surface area (Å²) in [6.45, 7) is 6.13. The Morgan fingerprint density at radius 3 is 2.85 bits per heavy atom. The van der Waals surface area contributed by atoms with Crippen molar-refractivity contribution < 1.29 is 4.74 Å². The second-order valence-corrected chi connectivity index (χ2v) is 6.08. The van der Waals surface area contributed by atoms with Gasteiger partial charge < -0.3 is 15.4 Å². The van der Waals surface area contributed by atoms with E-state index in [9.17, 15) is 0 Å². The smallest absolute Gasteiger partial charge is 0.122 e. The zero-order valence-electron chi connectivity index (χ0n) is 13.1. The lowest BCUT2D eigenvalue weighted by molar-refractivity contribution is 0.153. The molecule has 1 aromatic carbocycles. The van der Waals surface area contributed by atoms with E-state index in [2.05, 4.69) is 37.1 Å². The van der Waals surface area contributed by atoms with Gasteiger partial charge in [0.1, 0.15) is 5.75 Å². The predicted molar refractivity (Wildman–Crippen MR) is 84.2 cm³/mol. The summed E-state index contributed by atoms with van der Waals surface area (Å²) in [4.78, 5) is 2.47. The summed E-state index contributed by atoms with van der Waals surface area (Å²) in [5.41, 5.74) is 8.25. The highest BCUT2D eigenvalue weighted by molar-refractivity contribution is 5.37. The van der Waals surface area contributed by atoms with Gasteiger partial charge in [-0.1, -0.05) is 18.6 Å². The lowest BCUT2D eigenvalue weighted by Gasteiger charge is -2.32. The first-order valence-corrected chi connectivity index (χ1v) is 7.77. The zero-order chi connectivity index (χ0) is 14.5. The topological polar surface area (TPSA) is 38.5 Å². The third-order valence-corrected chi connectivity index (χ3v) is 4.35. The predicted octanol–water partition coefficient (Wildman–Crippen LogP) is 3.27. The van der Waals surface area contributed by atoms with Crippen LogP contribution in [-0.2, 0) is 0 Å². The third-order valence-electron chi connectivity index (χ3n) is 4.35. The lowest BCUT2D eigenvalue weighted by Crippen LogP contribution is -2.37. The minimum atomic E-state index is 0.0821. The first kappa shape index (κ1) is 15.3. The van der Waals surface area contributed by atoms with Gasteiger partial charge in [0.05, 0.1) is 6.61 Å². The second-order valence-electron chi connectivity index (χ2n) is 6.08. The van der Waals surface area contributed by atoms with Crippen molar-refractivity contribution in [2.24, 2.45) is 5.73 Å². The molecular formula is C17H28N2O. The Labute approximate surface area is 123 Å². The number of rotatable bonds is 5. The maximum Gasteiger partial charge on any atom is 0.122 e. The van der Waals surface area contributed by atoms with Crippen LogP contribution >= 0.6 is 0 Å². The van der Waals surface area contributed by atoms with E-state index in [1.807, 2.05) is 6.92 Å². The van der Waals surface area contributed by atoms with Crippen LogP contribution in [0.15, 0.2) is 18.2 Å². The molecule has 1 aromatic rings. The van der Waals surface area contributed by atoms with Gasteiger partial charge in [-0.05, 0) is 63.9 Å². The number of aryl methyl sites for hydroxylation is 1. The molecule has 1 aliphatic rings. The number of piperidine rings is 1. The van der Waals surface area contributed by atoms with Crippen molar-refractivity contribution in [2.75, 3.05) is 20.2 Å². The molecule has 1 unspecified atom stereocenters. The molecule has 2 atom stereocenters. The summed E-state index contributed by atoms with van der Waals surface area (Å²) in [5, 5.41) is 0. The van der Waals surface area contributed by atoms with Gasteiger partial charge in [0.25, 0.3) is 0 Å². The maximum atomic E-state index is 5.96. The number of hydrogen-bond acceptors (Lipinski definition) is 3. The summed E-state index contributed by atoms with van der Waals surface area (Å²) in [7, 11) is 2.23. The number of benzene rings is 1. The summed E-state index contributed by atoms with van der Waals surface area (Å²) < 4.78 is 5.96. The molecule has 0 aliphatic carbocycles. The molecule has 3 heteroatoms. The minimum absolute atomic E-state index is 0.0821. The fourth-order valence-electron chi connectivity index (χ4n) is 2.93. The number of nitrogens with two attached hydrogens (primary N) is 1. The molecule has 0 spiro atoms. The van der Waals surface area contributed by atoms with Crippen LogP contribution in [0.3, 0.4) is 0 Å². The van der Waals surface area contributed by atoms with Crippen molar-refractivity contribution in [3.8, 4) is 5.75 Å². The van der Waals surface area contributed by atoms with Gasteiger partial charge >= 0.3 is 0 Å². The largest absolute Gasteiger partial charge is 0.493 e. The summed E-state index contributed by atoms with van der Waals surface area (Å²) in [6.07, 6.45) is 5.12. The average molecular weight is 276 g/mol. The quantitative estimate of drug-likeness (QED) is 0.897. The molecule has 3 nitrogen and oxygen atoms in total. The molecule has 0 amide bonds. The zero-order valence-corrected chi connectivity index (χ0v) is 13.1. The normalized spacial score (nSPS) is 21.7. The van der Waals surface area contributed by atoms with Crippen molar-refractivity contribution in [1.82, 2.24) is 4.90 Å². The van der Waals surface area contributed by atoms with E-state index in [-0.39, 0.29) is 6.04 Å². The monoisotopic (exact) mass is 276 g/mol. The van der Waals surface area contributed by atoms with Gasteiger partial charge in [-0.25, -0.2) is 0 Å². The molecular weight excluding hydrogens is 248 g/mol. The van der Waals surface area contributed by atoms with Gasteiger partial charge in [0.2, 0.25) is 0 Å². The highest BCUT2D eigenvalue weighted by Gasteiger charge is 2.18. The van der Waals surface area contributed by atoms with E-state index in [1.165, 1.54) is 36.9 Å². The van der Waals surface area contributed by atoms with Crippen LogP contribution in [0.1, 0.15) is 49.8 Å². The molecule has 20 heavy (non-hydrogen) atoms. The number of nitrogens with zero attached hydrogens (tertiary/aromatic N) is 1. The molecule has 1 aliphatic heterocycles. The second kappa shape index (κ2) is 7.09. The van der Waals surface area contributed by atoms with Gasteiger partial charge in [-0.3, -0.25) is 0 Å². The van der Waals surface area contributed by atoms with Gasteiger partial charge in [0.15, 0.2) is 0 Å². The molecule has 0 radical (unpaired) electrons. The van der Waals surface area contributed by atoms with Crippen molar-refractivity contribution in [3.63, 3.8) is 0 Å². The van der Waals surface area contributed by atoms with Gasteiger partial charge in [-0.2, -0.15) is 0 Å². The van der Waals surface area contributed by atoms with Crippen molar-refractivity contribution in [1.29, 1.82) is 0 Å². The molecule has 0 bridgehead atoms. The van der Waals surface area contributed by atoms with Crippen LogP contribution in [0.4, 0.5) is 0 Å². The van der Waals surface area contributed by atoms with E-state index in [4.69, 9.17) is 10.5 Å². The molecule has 2 N–H and O–H groups in total. The van der Waals surface area contributed by atoms with Crippen LogP contribution in [0.25, 0.3) is 0 Å². The van der Waals surface area contributed by atoms with Crippen LogP contribution < -0.4 is 10.5 Å². The number of ether oxygens (including phenoxy) is 1. The van der Waals surface area contributed by atoms with Crippen LogP contribution in [0, 0.1) is 6.92 Å². The first-order chi connectivity index (χ1) is 9.58. The number of likely N-dealkylation sites (tertiary alicyclic amines) is 1. The standard InChI is InChI=1S/C17H28N2O/c1-13-12-15(14(2)18)7-8-17(13)20-11-9-16-6-4-5-10-19(16)3/h7-8,12,14,16H,4-6,9-11,18H2,1-3H3/t14-,16?/m1/s1. The Balaban J connectivity index is 1.84. The average Bonchev–Trinajstić information content (AvgIpc) is 2.42. The molecule has 1 heterocycles. The molecule has 0 saturated carbocycles. The third kappa shape index (κ3) is 3.97. The lowest BCUT2D eigenvalue weighted by atomic mass is 10.0. The summed E-state index contributed by atoms with van der Waals surface area (Å²) in [6, 6.07) is 7.02. The van der Waals surface area contributed by atoms with E-state index < -0.39 is 0 Å². The fraction of sp³-hybridized carbons (Fsp3) is 0.647. The van der Waals surface area contributed by atoms with Crippen LogP contribution in [-0.4, -0.2) is 31.1 Å². The molecule has 2 rings (SSSR count). The van der Waals surface area contributed by atoms with E-state index in [1.54, 1.807) is 0 Å². The summed E-state index contributed by atoms with van der Waals surface area (Å²) >= 11 is 0. The Bertz CT molecular complexity index is 431. The number of hydrogen-bond donors (Lipinski definition) is 1. The SMILES string of the molecule is Cc1cc([C@@H](C)N)ccc1OCCC1CCCCN1C. The van der Waals surface area contributed by atoms with Crippen LogP contribution in [0.2, 0.25) is 0 Å². The summed E-state index contributed by atoms with van der Waals surface area (Å²) in [5.74, 6) is 0.993. The Morgan fingerprint density at radius 2 is 2.20 bits per heavy atom. The Hall–Kier alpha value is -1.06. The molecule has 1 fully saturated rings. The van der Waals surface area contributed by atoms with E-state index in [0.717, 1.165) is 18.8 Å². The van der Waals surface area contributed by atoms with Gasteiger partial charge in [-0.15, -0.1) is 0 Å². The van der Waals surface area contributed by atoms with Crippen LogP contribution in [0.5, 0.6) is 5.75 Å². The highest BCUT2D eigenvalue weighted by Crippen LogP contribution is 2.23. The van der Waals surface area contributed by atoms with Crippen molar-refractivity contribution in [3.05, 3.63) is 29.3 Å². The molecule has 1 saturated heterocycles. The van der Waals surface area contributed by atoms with Crippen molar-refractivity contribution >= 4 is 0 Å². The van der Waals surface area contributed by atoms with Gasteiger partial charge in [0, 0.05) is 12.1 Å². The molecule has 112 valence electrons.